The minimum absolute atomic E-state index is 0.127. The molecule has 1 N–H and O–H groups in total. The van der Waals surface area contributed by atoms with Crippen LogP contribution in [0.2, 0.25) is 0 Å². The van der Waals surface area contributed by atoms with E-state index in [1.54, 1.807) is 7.11 Å². The van der Waals surface area contributed by atoms with E-state index in [-0.39, 0.29) is 19.2 Å². The molecule has 2 aromatic rings. The average molecular weight is 443 g/mol. The number of ether oxygens (including phenoxy) is 1. The molecule has 0 radical (unpaired) electrons. The van der Waals surface area contributed by atoms with E-state index in [9.17, 15) is 13.0 Å². The largest absolute Gasteiger partial charge is 0.726 e. The molecule has 31 heavy (non-hydrogen) atoms. The molecule has 0 bridgehead atoms. The summed E-state index contributed by atoms with van der Waals surface area (Å²) in [6.45, 7) is 4.05. The van der Waals surface area contributed by atoms with Crippen LogP contribution in [0.5, 0.6) is 0 Å². The van der Waals surface area contributed by atoms with E-state index in [2.05, 4.69) is 15.2 Å². The fourth-order valence-corrected chi connectivity index (χ4v) is 4.42. The molecular formula is C22H24N3O5S-. The van der Waals surface area contributed by atoms with Gasteiger partial charge in [-0.05, 0) is 43.2 Å². The van der Waals surface area contributed by atoms with Gasteiger partial charge in [0, 0.05) is 36.1 Å². The lowest BCUT2D eigenvalue weighted by atomic mass is 10.1. The van der Waals surface area contributed by atoms with Gasteiger partial charge >= 0.3 is 0 Å². The summed E-state index contributed by atoms with van der Waals surface area (Å²) in [6.07, 6.45) is 4.58. The van der Waals surface area contributed by atoms with E-state index in [1.165, 1.54) is 0 Å². The van der Waals surface area contributed by atoms with E-state index in [4.69, 9.17) is 9.73 Å². The Kier molecular flexibility index (Phi) is 5.74. The number of benzene rings is 1. The molecule has 4 rings (SSSR count). The first-order valence-corrected chi connectivity index (χ1v) is 11.3. The van der Waals surface area contributed by atoms with Crippen molar-refractivity contribution in [3.05, 3.63) is 70.4 Å². The maximum absolute atomic E-state index is 10.9. The standard InChI is InChI=1S/C22H25N3O5S/c1-14-10-15(2)23-17(14)12-19-22(29-3)13-18(24-19)21-11-16-6-4-5-7-20(16)25(21)8-9-30-31(26,27)28/h4-7,10,12-13,21,23H,8-9,11H2,1-3H3,(H,26,27,28)/p-1/b19-12-. The topological polar surface area (TPSA) is 107 Å². The molecule has 1 atom stereocenters. The number of methoxy groups -OCH3 is 1. The SMILES string of the molecule is COC1=CC(C2Cc3ccccc3N2CCOS(=O)(=O)[O-])=N/C1=C\c1[nH]c(C)cc1C. The molecule has 1 aromatic carbocycles. The van der Waals surface area contributed by atoms with Crippen molar-refractivity contribution in [2.75, 3.05) is 25.2 Å². The molecule has 2 aliphatic rings. The zero-order valence-corrected chi connectivity index (χ0v) is 18.4. The van der Waals surface area contributed by atoms with Gasteiger partial charge in [-0.3, -0.25) is 4.18 Å². The Labute approximate surface area is 181 Å². The number of H-pyrrole nitrogens is 1. The summed E-state index contributed by atoms with van der Waals surface area (Å²) in [6, 6.07) is 9.84. The molecule has 9 heteroatoms. The van der Waals surface area contributed by atoms with Crippen LogP contribution in [-0.4, -0.2) is 50.0 Å². The number of rotatable bonds is 7. The number of anilines is 1. The molecule has 1 unspecified atom stereocenters. The van der Waals surface area contributed by atoms with E-state index >= 15 is 0 Å². The van der Waals surface area contributed by atoms with Crippen LogP contribution in [0.1, 0.15) is 22.5 Å². The van der Waals surface area contributed by atoms with Crippen LogP contribution in [0, 0.1) is 13.8 Å². The molecule has 164 valence electrons. The third kappa shape index (κ3) is 4.58. The number of hydrogen-bond donors (Lipinski definition) is 1. The van der Waals surface area contributed by atoms with Crippen LogP contribution in [0.25, 0.3) is 6.08 Å². The van der Waals surface area contributed by atoms with Crippen LogP contribution in [0.3, 0.4) is 0 Å². The van der Waals surface area contributed by atoms with Gasteiger partial charge in [0.05, 0.1) is 25.5 Å². The van der Waals surface area contributed by atoms with Crippen molar-refractivity contribution < 1.29 is 21.9 Å². The zero-order valence-electron chi connectivity index (χ0n) is 17.6. The van der Waals surface area contributed by atoms with Crippen molar-refractivity contribution in [2.24, 2.45) is 4.99 Å². The average Bonchev–Trinajstić information content (AvgIpc) is 3.36. The Morgan fingerprint density at radius 3 is 2.77 bits per heavy atom. The summed E-state index contributed by atoms with van der Waals surface area (Å²) in [5.41, 5.74) is 6.79. The van der Waals surface area contributed by atoms with Crippen LogP contribution in [-0.2, 0) is 25.7 Å². The smallest absolute Gasteiger partial charge is 0.217 e. The summed E-state index contributed by atoms with van der Waals surface area (Å²) in [5, 5.41) is 0. The number of aliphatic imine (C=N–C) groups is 1. The Morgan fingerprint density at radius 2 is 2.10 bits per heavy atom. The second-order valence-corrected chi connectivity index (χ2v) is 8.65. The van der Waals surface area contributed by atoms with Crippen LogP contribution < -0.4 is 4.90 Å². The molecule has 0 aliphatic carbocycles. The first kappa shape index (κ1) is 21.4. The molecule has 0 saturated heterocycles. The third-order valence-corrected chi connectivity index (χ3v) is 5.92. The number of aryl methyl sites for hydroxylation is 2. The molecule has 3 heterocycles. The highest BCUT2D eigenvalue weighted by atomic mass is 32.3. The zero-order chi connectivity index (χ0) is 22.2. The number of nitrogens with one attached hydrogen (secondary N) is 1. The van der Waals surface area contributed by atoms with Crippen molar-refractivity contribution in [2.45, 2.75) is 26.3 Å². The van der Waals surface area contributed by atoms with Crippen LogP contribution in [0.4, 0.5) is 5.69 Å². The van der Waals surface area contributed by atoms with Gasteiger partial charge in [0.1, 0.15) is 11.5 Å². The number of fused-ring (bicyclic) bond motifs is 1. The molecule has 1 aromatic heterocycles. The maximum Gasteiger partial charge on any atom is 0.217 e. The predicted octanol–water partition coefficient (Wildman–Crippen LogP) is 2.87. The van der Waals surface area contributed by atoms with Crippen molar-refractivity contribution >= 4 is 27.9 Å². The van der Waals surface area contributed by atoms with Crippen molar-refractivity contribution in [1.82, 2.24) is 4.98 Å². The van der Waals surface area contributed by atoms with Gasteiger partial charge in [-0.1, -0.05) is 18.2 Å². The predicted molar refractivity (Wildman–Crippen MR) is 118 cm³/mol. The second kappa shape index (κ2) is 8.33. The third-order valence-electron chi connectivity index (χ3n) is 5.46. The molecule has 0 amide bonds. The molecule has 0 spiro atoms. The summed E-state index contributed by atoms with van der Waals surface area (Å²) in [7, 11) is -3.13. The van der Waals surface area contributed by atoms with E-state index in [0.29, 0.717) is 12.2 Å². The quantitative estimate of drug-likeness (QED) is 0.522. The van der Waals surface area contributed by atoms with E-state index < -0.39 is 10.4 Å². The normalized spacial score (nSPS) is 19.5. The minimum atomic E-state index is -4.74. The van der Waals surface area contributed by atoms with Crippen molar-refractivity contribution in [3.8, 4) is 0 Å². The van der Waals surface area contributed by atoms with E-state index in [1.807, 2.05) is 55.2 Å². The highest BCUT2D eigenvalue weighted by molar-refractivity contribution is 7.80. The summed E-state index contributed by atoms with van der Waals surface area (Å²) < 4.78 is 42.6. The van der Waals surface area contributed by atoms with E-state index in [0.717, 1.165) is 39.6 Å². The molecule has 2 aliphatic heterocycles. The molecule has 0 saturated carbocycles. The summed E-state index contributed by atoms with van der Waals surface area (Å²) in [5.74, 6) is 0.663. The van der Waals surface area contributed by atoms with Gasteiger partial charge in [-0.2, -0.15) is 0 Å². The molecular weight excluding hydrogens is 418 g/mol. The van der Waals surface area contributed by atoms with Gasteiger partial charge in [0.15, 0.2) is 0 Å². The number of nitrogens with zero attached hydrogens (tertiary/aromatic N) is 2. The Morgan fingerprint density at radius 1 is 1.32 bits per heavy atom. The Hall–Kier alpha value is -2.88. The number of hydrogen-bond acceptors (Lipinski definition) is 7. The lowest BCUT2D eigenvalue weighted by Gasteiger charge is -2.27. The molecule has 0 fully saturated rings. The van der Waals surface area contributed by atoms with Gasteiger partial charge in [-0.25, -0.2) is 13.4 Å². The number of aromatic nitrogens is 1. The second-order valence-electron chi connectivity index (χ2n) is 7.60. The van der Waals surface area contributed by atoms with Gasteiger partial charge < -0.3 is 19.2 Å². The lowest BCUT2D eigenvalue weighted by molar-refractivity contribution is 0.266. The van der Waals surface area contributed by atoms with Crippen molar-refractivity contribution in [1.29, 1.82) is 0 Å². The summed E-state index contributed by atoms with van der Waals surface area (Å²) >= 11 is 0. The van der Waals surface area contributed by atoms with Gasteiger partial charge in [0.2, 0.25) is 10.4 Å². The number of para-hydroxylation sites is 1. The summed E-state index contributed by atoms with van der Waals surface area (Å²) in [4.78, 5) is 10.2. The maximum atomic E-state index is 10.9. The van der Waals surface area contributed by atoms with Crippen molar-refractivity contribution in [3.63, 3.8) is 0 Å². The van der Waals surface area contributed by atoms with Gasteiger partial charge in [0.25, 0.3) is 0 Å². The highest BCUT2D eigenvalue weighted by Crippen LogP contribution is 2.35. The first-order chi connectivity index (χ1) is 14.7. The Balaban J connectivity index is 1.64. The highest BCUT2D eigenvalue weighted by Gasteiger charge is 2.34. The minimum Gasteiger partial charge on any atom is -0.726 e. The lowest BCUT2D eigenvalue weighted by Crippen LogP contribution is -2.40. The fraction of sp³-hybridized carbons (Fsp3) is 0.318. The van der Waals surface area contributed by atoms with Crippen LogP contribution in [0.15, 0.2) is 52.9 Å². The first-order valence-electron chi connectivity index (χ1n) is 9.92. The van der Waals surface area contributed by atoms with Gasteiger partial charge in [-0.15, -0.1) is 0 Å². The Bertz CT molecular complexity index is 1190. The van der Waals surface area contributed by atoms with Crippen LogP contribution >= 0.6 is 0 Å². The molecule has 8 nitrogen and oxygen atoms in total. The number of aromatic amines is 1. The monoisotopic (exact) mass is 442 g/mol. The fourth-order valence-electron chi connectivity index (χ4n) is 4.14.